The summed E-state index contributed by atoms with van der Waals surface area (Å²) in [7, 11) is 0. The van der Waals surface area contributed by atoms with Crippen molar-refractivity contribution in [3.63, 3.8) is 0 Å². The molecule has 0 heterocycles. The Hall–Kier alpha value is -0.770. The van der Waals surface area contributed by atoms with Crippen molar-refractivity contribution in [1.82, 2.24) is 5.32 Å². The van der Waals surface area contributed by atoms with E-state index in [9.17, 15) is 0 Å². The fourth-order valence-electron chi connectivity index (χ4n) is 1.79. The van der Waals surface area contributed by atoms with E-state index in [-0.39, 0.29) is 11.9 Å². The molecule has 0 aromatic heterocycles. The van der Waals surface area contributed by atoms with Crippen LogP contribution < -0.4 is 11.1 Å². The first-order valence-electron chi connectivity index (χ1n) is 6.39. The molecule has 2 atom stereocenters. The molecule has 0 aliphatic carbocycles. The van der Waals surface area contributed by atoms with Crippen LogP contribution in [0.15, 0.2) is 5.16 Å². The highest BCUT2D eigenvalue weighted by molar-refractivity contribution is 5.85. The summed E-state index contributed by atoms with van der Waals surface area (Å²) in [6.45, 7) is 6.39. The van der Waals surface area contributed by atoms with Gasteiger partial charge in [0.1, 0.15) is 0 Å². The Bertz CT molecular complexity index is 195. The Morgan fingerprint density at radius 1 is 1.31 bits per heavy atom. The van der Waals surface area contributed by atoms with E-state index in [1.807, 2.05) is 6.92 Å². The average Bonchev–Trinajstić information content (AvgIpc) is 2.30. The number of hydrogen-bond acceptors (Lipinski definition) is 3. The van der Waals surface area contributed by atoms with Crippen molar-refractivity contribution in [1.29, 1.82) is 0 Å². The minimum absolute atomic E-state index is 0.00817. The molecule has 0 fully saturated rings. The molecule has 0 bridgehead atoms. The van der Waals surface area contributed by atoms with E-state index in [4.69, 9.17) is 10.9 Å². The van der Waals surface area contributed by atoms with E-state index < -0.39 is 0 Å². The quantitative estimate of drug-likeness (QED) is 0.187. The monoisotopic (exact) mass is 229 g/mol. The molecule has 96 valence electrons. The Balaban J connectivity index is 3.78. The van der Waals surface area contributed by atoms with Crippen LogP contribution in [0.4, 0.5) is 0 Å². The maximum Gasteiger partial charge on any atom is 0.156 e. The topological polar surface area (TPSA) is 70.6 Å². The van der Waals surface area contributed by atoms with Crippen LogP contribution in [0.2, 0.25) is 0 Å². The molecule has 0 amide bonds. The Morgan fingerprint density at radius 2 is 2.00 bits per heavy atom. The van der Waals surface area contributed by atoms with Crippen LogP contribution in [0.5, 0.6) is 0 Å². The molecule has 0 radical (unpaired) electrons. The van der Waals surface area contributed by atoms with Crippen molar-refractivity contribution in [2.75, 3.05) is 0 Å². The van der Waals surface area contributed by atoms with Crippen molar-refractivity contribution < 1.29 is 5.21 Å². The van der Waals surface area contributed by atoms with Gasteiger partial charge in [-0.25, -0.2) is 0 Å². The van der Waals surface area contributed by atoms with Gasteiger partial charge in [0.25, 0.3) is 0 Å². The lowest BCUT2D eigenvalue weighted by Crippen LogP contribution is -2.45. The lowest BCUT2D eigenvalue weighted by molar-refractivity contribution is 0.312. The Morgan fingerprint density at radius 3 is 2.50 bits per heavy atom. The van der Waals surface area contributed by atoms with Crippen LogP contribution >= 0.6 is 0 Å². The molecule has 0 aliphatic heterocycles. The molecule has 0 rings (SSSR count). The van der Waals surface area contributed by atoms with Crippen molar-refractivity contribution in [3.05, 3.63) is 0 Å². The Labute approximate surface area is 99.3 Å². The highest BCUT2D eigenvalue weighted by Crippen LogP contribution is 2.06. The number of hydrogen-bond donors (Lipinski definition) is 3. The van der Waals surface area contributed by atoms with Crippen LogP contribution in [-0.4, -0.2) is 23.1 Å². The molecular formula is C12H27N3O. The number of oxime groups is 1. The summed E-state index contributed by atoms with van der Waals surface area (Å²) in [4.78, 5) is 0. The van der Waals surface area contributed by atoms with Crippen LogP contribution in [0.3, 0.4) is 0 Å². The first-order valence-corrected chi connectivity index (χ1v) is 6.39. The van der Waals surface area contributed by atoms with Crippen LogP contribution in [0.25, 0.3) is 0 Å². The summed E-state index contributed by atoms with van der Waals surface area (Å²) >= 11 is 0. The average molecular weight is 229 g/mol. The Kier molecular flexibility index (Phi) is 9.00. The van der Waals surface area contributed by atoms with E-state index in [0.717, 1.165) is 12.8 Å². The molecule has 4 heteroatoms. The van der Waals surface area contributed by atoms with Gasteiger partial charge in [-0.15, -0.1) is 0 Å². The van der Waals surface area contributed by atoms with Gasteiger partial charge in [-0.2, -0.15) is 0 Å². The predicted octanol–water partition coefficient (Wildman–Crippen LogP) is 2.46. The van der Waals surface area contributed by atoms with Gasteiger partial charge < -0.3 is 16.3 Å². The van der Waals surface area contributed by atoms with Gasteiger partial charge >= 0.3 is 0 Å². The number of amidine groups is 1. The molecule has 4 N–H and O–H groups in total. The van der Waals surface area contributed by atoms with Gasteiger partial charge in [-0.3, -0.25) is 0 Å². The van der Waals surface area contributed by atoms with Gasteiger partial charge in [-0.1, -0.05) is 44.7 Å². The second kappa shape index (κ2) is 9.46. The first-order chi connectivity index (χ1) is 7.65. The molecule has 0 aromatic rings. The largest absolute Gasteiger partial charge is 0.409 e. The lowest BCUT2D eigenvalue weighted by Gasteiger charge is -2.21. The number of nitrogens with one attached hydrogen (secondary N) is 1. The number of rotatable bonds is 9. The number of unbranched alkanes of at least 4 members (excludes halogenated alkanes) is 3. The van der Waals surface area contributed by atoms with Gasteiger partial charge in [-0.05, 0) is 19.8 Å². The third-order valence-electron chi connectivity index (χ3n) is 2.86. The lowest BCUT2D eigenvalue weighted by atomic mass is 10.1. The molecule has 0 aliphatic rings. The molecule has 2 unspecified atom stereocenters. The van der Waals surface area contributed by atoms with Crippen molar-refractivity contribution in [2.24, 2.45) is 10.9 Å². The summed E-state index contributed by atoms with van der Waals surface area (Å²) in [5.41, 5.74) is 5.59. The number of nitrogens with two attached hydrogens (primary N) is 1. The third-order valence-corrected chi connectivity index (χ3v) is 2.86. The molecule has 0 saturated carbocycles. The van der Waals surface area contributed by atoms with Gasteiger partial charge in [0.15, 0.2) is 5.84 Å². The highest BCUT2D eigenvalue weighted by atomic mass is 16.4. The van der Waals surface area contributed by atoms with Gasteiger partial charge in [0, 0.05) is 6.04 Å². The zero-order valence-corrected chi connectivity index (χ0v) is 10.9. The molecule has 0 saturated heterocycles. The van der Waals surface area contributed by atoms with E-state index in [2.05, 4.69) is 24.3 Å². The smallest absolute Gasteiger partial charge is 0.156 e. The van der Waals surface area contributed by atoms with E-state index in [0.29, 0.717) is 6.04 Å². The standard InChI is InChI=1S/C12H27N3O/c1-4-6-7-8-9-10(3)14-11(5-2)12(13)15-16/h10-11,14,16H,4-9H2,1-3H3,(H2,13,15). The van der Waals surface area contributed by atoms with E-state index in [1.165, 1.54) is 25.7 Å². The number of nitrogens with zero attached hydrogens (tertiary/aromatic N) is 1. The molecule has 16 heavy (non-hydrogen) atoms. The summed E-state index contributed by atoms with van der Waals surface area (Å²) in [5, 5.41) is 15.1. The molecular weight excluding hydrogens is 202 g/mol. The fraction of sp³-hybridized carbons (Fsp3) is 0.917. The first kappa shape index (κ1) is 15.2. The van der Waals surface area contributed by atoms with E-state index >= 15 is 0 Å². The predicted molar refractivity (Wildman–Crippen MR) is 68.8 cm³/mol. The maximum absolute atomic E-state index is 8.62. The normalized spacial score (nSPS) is 16.1. The zero-order chi connectivity index (χ0) is 12.4. The van der Waals surface area contributed by atoms with Crippen LogP contribution in [0, 0.1) is 0 Å². The summed E-state index contributed by atoms with van der Waals surface area (Å²) in [6.07, 6.45) is 7.11. The van der Waals surface area contributed by atoms with Crippen molar-refractivity contribution in [3.8, 4) is 0 Å². The fourth-order valence-corrected chi connectivity index (χ4v) is 1.79. The molecule has 0 aromatic carbocycles. The molecule has 4 nitrogen and oxygen atoms in total. The highest BCUT2D eigenvalue weighted by Gasteiger charge is 2.13. The van der Waals surface area contributed by atoms with Crippen LogP contribution in [0.1, 0.15) is 59.3 Å². The minimum atomic E-state index is -0.00817. The van der Waals surface area contributed by atoms with E-state index in [1.54, 1.807) is 0 Å². The third kappa shape index (κ3) is 6.67. The van der Waals surface area contributed by atoms with Crippen molar-refractivity contribution >= 4 is 5.84 Å². The maximum atomic E-state index is 8.62. The van der Waals surface area contributed by atoms with Crippen LogP contribution in [-0.2, 0) is 0 Å². The van der Waals surface area contributed by atoms with Gasteiger partial charge in [0.05, 0.1) is 6.04 Å². The zero-order valence-electron chi connectivity index (χ0n) is 10.9. The summed E-state index contributed by atoms with van der Waals surface area (Å²) < 4.78 is 0. The van der Waals surface area contributed by atoms with Crippen molar-refractivity contribution in [2.45, 2.75) is 71.4 Å². The summed E-state index contributed by atoms with van der Waals surface area (Å²) in [6, 6.07) is 0.410. The second-order valence-electron chi connectivity index (χ2n) is 4.40. The second-order valence-corrected chi connectivity index (χ2v) is 4.40. The summed E-state index contributed by atoms with van der Waals surface area (Å²) in [5.74, 6) is 0.280. The minimum Gasteiger partial charge on any atom is -0.409 e. The SMILES string of the molecule is CCCCCCC(C)NC(CC)C(N)=NO. The molecule has 0 spiro atoms. The van der Waals surface area contributed by atoms with Gasteiger partial charge in [0.2, 0.25) is 0 Å².